The second kappa shape index (κ2) is 6.28. The minimum Gasteiger partial charge on any atom is -0.354 e. The molecule has 1 atom stereocenters. The van der Waals surface area contributed by atoms with Crippen LogP contribution in [0.3, 0.4) is 0 Å². The zero-order valence-electron chi connectivity index (χ0n) is 9.41. The fraction of sp³-hybridized carbons (Fsp3) is 0.417. The summed E-state index contributed by atoms with van der Waals surface area (Å²) in [4.78, 5) is 11.7. The lowest BCUT2D eigenvalue weighted by Gasteiger charge is -2.10. The topological polar surface area (TPSA) is 41.1 Å². The van der Waals surface area contributed by atoms with Crippen LogP contribution in [0.5, 0.6) is 0 Å². The van der Waals surface area contributed by atoms with Gasteiger partial charge in [-0.15, -0.1) is 11.8 Å². The third-order valence-corrected chi connectivity index (χ3v) is 3.81. The van der Waals surface area contributed by atoms with Gasteiger partial charge in [-0.2, -0.15) is 0 Å². The van der Waals surface area contributed by atoms with Crippen LogP contribution in [0.4, 0.5) is 0 Å². The van der Waals surface area contributed by atoms with E-state index in [1.165, 1.54) is 0 Å². The normalized spacial score (nSPS) is 19.2. The summed E-state index contributed by atoms with van der Waals surface area (Å²) in [7, 11) is 0. The Morgan fingerprint density at radius 3 is 3.18 bits per heavy atom. The van der Waals surface area contributed by atoms with E-state index in [1.54, 1.807) is 11.8 Å². The molecule has 17 heavy (non-hydrogen) atoms. The quantitative estimate of drug-likeness (QED) is 0.874. The van der Waals surface area contributed by atoms with E-state index in [9.17, 15) is 4.79 Å². The van der Waals surface area contributed by atoms with E-state index in [-0.39, 0.29) is 11.9 Å². The van der Waals surface area contributed by atoms with Gasteiger partial charge in [0, 0.05) is 23.2 Å². The number of carbonyl (C=O) groups excluding carboxylic acids is 1. The summed E-state index contributed by atoms with van der Waals surface area (Å²) in [5, 5.41) is 6.82. The fourth-order valence-electron chi connectivity index (χ4n) is 1.71. The Labute approximate surface area is 110 Å². The summed E-state index contributed by atoms with van der Waals surface area (Å²) in [6, 6.07) is 7.69. The van der Waals surface area contributed by atoms with E-state index < -0.39 is 0 Å². The van der Waals surface area contributed by atoms with Crippen molar-refractivity contribution in [2.24, 2.45) is 0 Å². The highest BCUT2D eigenvalue weighted by molar-refractivity contribution is 7.99. The first kappa shape index (κ1) is 12.7. The molecular formula is C12H15ClN2OS. The summed E-state index contributed by atoms with van der Waals surface area (Å²) in [5.74, 6) is 1.83. The molecule has 0 aliphatic carbocycles. The van der Waals surface area contributed by atoms with Gasteiger partial charge < -0.3 is 5.32 Å². The van der Waals surface area contributed by atoms with Crippen molar-refractivity contribution in [1.29, 1.82) is 0 Å². The number of hydrogen-bond acceptors (Lipinski definition) is 3. The first-order chi connectivity index (χ1) is 8.25. The lowest BCUT2D eigenvalue weighted by atomic mass is 10.1. The van der Waals surface area contributed by atoms with E-state index in [1.807, 2.05) is 24.3 Å². The predicted molar refractivity (Wildman–Crippen MR) is 72.4 cm³/mol. The number of amides is 1. The molecule has 0 aromatic heterocycles. The molecule has 1 aromatic carbocycles. The molecule has 3 nitrogen and oxygen atoms in total. The zero-order chi connectivity index (χ0) is 12.1. The molecular weight excluding hydrogens is 256 g/mol. The van der Waals surface area contributed by atoms with Crippen LogP contribution in [0.2, 0.25) is 5.02 Å². The van der Waals surface area contributed by atoms with Gasteiger partial charge in [0.15, 0.2) is 0 Å². The number of benzene rings is 1. The average molecular weight is 271 g/mol. The van der Waals surface area contributed by atoms with Crippen molar-refractivity contribution in [2.45, 2.75) is 12.5 Å². The highest BCUT2D eigenvalue weighted by atomic mass is 35.5. The lowest BCUT2D eigenvalue weighted by Crippen LogP contribution is -2.42. The molecule has 1 fully saturated rings. The maximum Gasteiger partial charge on any atom is 0.238 e. The molecule has 1 aromatic rings. The lowest BCUT2D eigenvalue weighted by molar-refractivity contribution is -0.122. The van der Waals surface area contributed by atoms with Crippen molar-refractivity contribution in [3.63, 3.8) is 0 Å². The molecule has 1 saturated heterocycles. The van der Waals surface area contributed by atoms with Gasteiger partial charge in [-0.3, -0.25) is 10.1 Å². The second-order valence-corrected chi connectivity index (χ2v) is 5.41. The number of nitrogens with one attached hydrogen (secondary N) is 2. The zero-order valence-corrected chi connectivity index (χ0v) is 11.0. The Morgan fingerprint density at radius 1 is 1.59 bits per heavy atom. The predicted octanol–water partition coefficient (Wildman–Crippen LogP) is 1.66. The summed E-state index contributed by atoms with van der Waals surface area (Å²) in [6.07, 6.45) is 0.812. The standard InChI is InChI=1S/C12H15ClN2OS/c13-10-3-1-2-9(6-10)4-5-14-12(16)11-7-17-8-15-11/h1-3,6,11,15H,4-5,7-8H2,(H,14,16). The Balaban J connectivity index is 1.73. The Hall–Kier alpha value is -0.710. The van der Waals surface area contributed by atoms with Gasteiger partial charge in [0.25, 0.3) is 0 Å². The van der Waals surface area contributed by atoms with E-state index in [0.29, 0.717) is 6.54 Å². The van der Waals surface area contributed by atoms with Crippen molar-refractivity contribution in [3.05, 3.63) is 34.9 Å². The maximum atomic E-state index is 11.7. The molecule has 1 aliphatic rings. The molecule has 1 amide bonds. The molecule has 1 aliphatic heterocycles. The van der Waals surface area contributed by atoms with Gasteiger partial charge in [0.1, 0.15) is 0 Å². The Bertz CT molecular complexity index is 394. The van der Waals surface area contributed by atoms with Gasteiger partial charge in [0.2, 0.25) is 5.91 Å². The minimum atomic E-state index is -0.0284. The van der Waals surface area contributed by atoms with Gasteiger partial charge in [-0.05, 0) is 24.1 Å². The molecule has 1 heterocycles. The monoisotopic (exact) mass is 270 g/mol. The highest BCUT2D eigenvalue weighted by Gasteiger charge is 2.21. The molecule has 0 bridgehead atoms. The van der Waals surface area contributed by atoms with Crippen molar-refractivity contribution >= 4 is 29.3 Å². The summed E-state index contributed by atoms with van der Waals surface area (Å²) >= 11 is 7.64. The summed E-state index contributed by atoms with van der Waals surface area (Å²) in [6.45, 7) is 0.655. The molecule has 5 heteroatoms. The summed E-state index contributed by atoms with van der Waals surface area (Å²) < 4.78 is 0. The SMILES string of the molecule is O=C(NCCc1cccc(Cl)c1)C1CSCN1. The van der Waals surface area contributed by atoms with Gasteiger partial charge >= 0.3 is 0 Å². The van der Waals surface area contributed by atoms with Crippen LogP contribution >= 0.6 is 23.4 Å². The van der Waals surface area contributed by atoms with Crippen molar-refractivity contribution in [1.82, 2.24) is 10.6 Å². The van der Waals surface area contributed by atoms with E-state index in [2.05, 4.69) is 10.6 Å². The number of rotatable bonds is 4. The molecule has 2 rings (SSSR count). The third-order valence-electron chi connectivity index (χ3n) is 2.63. The molecule has 92 valence electrons. The molecule has 0 spiro atoms. The van der Waals surface area contributed by atoms with Crippen LogP contribution in [-0.2, 0) is 11.2 Å². The third kappa shape index (κ3) is 3.91. The van der Waals surface area contributed by atoms with Crippen LogP contribution in [-0.4, -0.2) is 30.1 Å². The van der Waals surface area contributed by atoms with Crippen LogP contribution in [0.1, 0.15) is 5.56 Å². The first-order valence-corrected chi connectivity index (χ1v) is 7.12. The van der Waals surface area contributed by atoms with Crippen LogP contribution in [0.15, 0.2) is 24.3 Å². The van der Waals surface area contributed by atoms with Crippen molar-refractivity contribution in [3.8, 4) is 0 Å². The number of hydrogen-bond donors (Lipinski definition) is 2. The van der Waals surface area contributed by atoms with Gasteiger partial charge in [0.05, 0.1) is 6.04 Å². The first-order valence-electron chi connectivity index (χ1n) is 5.59. The highest BCUT2D eigenvalue weighted by Crippen LogP contribution is 2.11. The smallest absolute Gasteiger partial charge is 0.238 e. The molecule has 0 saturated carbocycles. The van der Waals surface area contributed by atoms with Crippen LogP contribution in [0.25, 0.3) is 0 Å². The second-order valence-electron chi connectivity index (χ2n) is 3.94. The molecule has 1 unspecified atom stereocenters. The minimum absolute atomic E-state index is 0.0284. The molecule has 0 radical (unpaired) electrons. The number of thioether (sulfide) groups is 1. The van der Waals surface area contributed by atoms with E-state index in [0.717, 1.165) is 28.6 Å². The Morgan fingerprint density at radius 2 is 2.47 bits per heavy atom. The Kier molecular flexibility index (Phi) is 4.71. The van der Waals surface area contributed by atoms with Crippen molar-refractivity contribution in [2.75, 3.05) is 18.2 Å². The number of halogens is 1. The molecule has 2 N–H and O–H groups in total. The largest absolute Gasteiger partial charge is 0.354 e. The number of carbonyl (C=O) groups is 1. The van der Waals surface area contributed by atoms with E-state index in [4.69, 9.17) is 11.6 Å². The van der Waals surface area contributed by atoms with Crippen LogP contribution < -0.4 is 10.6 Å². The van der Waals surface area contributed by atoms with E-state index >= 15 is 0 Å². The van der Waals surface area contributed by atoms with Crippen LogP contribution in [0, 0.1) is 0 Å². The maximum absolute atomic E-state index is 11.7. The fourth-order valence-corrected chi connectivity index (χ4v) is 2.86. The van der Waals surface area contributed by atoms with Crippen molar-refractivity contribution < 1.29 is 4.79 Å². The van der Waals surface area contributed by atoms with Gasteiger partial charge in [-0.1, -0.05) is 23.7 Å². The average Bonchev–Trinajstić information content (AvgIpc) is 2.82. The summed E-state index contributed by atoms with van der Waals surface area (Å²) in [5.41, 5.74) is 1.14. The van der Waals surface area contributed by atoms with Gasteiger partial charge in [-0.25, -0.2) is 0 Å².